The highest BCUT2D eigenvalue weighted by molar-refractivity contribution is 8.00. The highest BCUT2D eigenvalue weighted by Gasteiger charge is 2.12. The molecule has 0 saturated heterocycles. The predicted octanol–water partition coefficient (Wildman–Crippen LogP) is 4.89. The lowest BCUT2D eigenvalue weighted by atomic mass is 10.1. The van der Waals surface area contributed by atoms with Crippen molar-refractivity contribution in [3.63, 3.8) is 0 Å². The molecule has 2 aromatic heterocycles. The summed E-state index contributed by atoms with van der Waals surface area (Å²) in [7, 11) is 0. The van der Waals surface area contributed by atoms with Gasteiger partial charge in [-0.3, -0.25) is 10.1 Å². The zero-order chi connectivity index (χ0) is 19.5. The van der Waals surface area contributed by atoms with Crippen molar-refractivity contribution < 1.29 is 4.79 Å². The molecule has 0 fully saturated rings. The van der Waals surface area contributed by atoms with Crippen molar-refractivity contribution >= 4 is 45.0 Å². The maximum absolute atomic E-state index is 12.3. The van der Waals surface area contributed by atoms with Crippen LogP contribution in [0.3, 0.4) is 0 Å². The maximum Gasteiger partial charge on any atom is 0.236 e. The van der Waals surface area contributed by atoms with Crippen LogP contribution >= 0.6 is 23.1 Å². The quantitative estimate of drug-likeness (QED) is 0.462. The number of anilines is 1. The summed E-state index contributed by atoms with van der Waals surface area (Å²) >= 11 is 2.92. The minimum atomic E-state index is -0.0723. The smallest absolute Gasteiger partial charge is 0.236 e. The molecule has 0 aliphatic rings. The van der Waals surface area contributed by atoms with Gasteiger partial charge in [-0.25, -0.2) is 0 Å². The fraction of sp³-hybridized carbons (Fsp3) is 0.190. The molecule has 1 N–H and O–H groups in total. The molecule has 0 spiro atoms. The van der Waals surface area contributed by atoms with E-state index in [0.29, 0.717) is 10.9 Å². The first-order valence-corrected chi connectivity index (χ1v) is 10.8. The fourth-order valence-corrected chi connectivity index (χ4v) is 4.57. The number of carbonyl (C=O) groups is 1. The van der Waals surface area contributed by atoms with E-state index in [1.54, 1.807) is 11.8 Å². The monoisotopic (exact) mass is 408 g/mol. The Balaban J connectivity index is 1.52. The van der Waals surface area contributed by atoms with Gasteiger partial charge in [0.1, 0.15) is 5.01 Å². The topological polar surface area (TPSA) is 59.8 Å². The highest BCUT2D eigenvalue weighted by Crippen LogP contribution is 2.31. The normalized spacial score (nSPS) is 11.1. The number of fused-ring (bicyclic) bond motifs is 1. The molecular formula is C21H20N4OS2. The second kappa shape index (κ2) is 8.16. The molecule has 0 unspecified atom stereocenters. The Kier molecular flexibility index (Phi) is 5.45. The molecule has 4 rings (SSSR count). The molecule has 28 heavy (non-hydrogen) atoms. The maximum atomic E-state index is 12.3. The third-order valence-corrected chi connectivity index (χ3v) is 6.28. The van der Waals surface area contributed by atoms with Gasteiger partial charge in [0.05, 0.1) is 5.75 Å². The first-order valence-electron chi connectivity index (χ1n) is 8.95. The van der Waals surface area contributed by atoms with E-state index in [1.807, 2.05) is 13.0 Å². The number of carbonyl (C=O) groups excluding carboxylic acids is 1. The SMILES string of the molecule is Cc1nnc(NC(=O)CSc2cn(Cc3ccccc3C)c3ccccc23)s1. The molecule has 2 aromatic carbocycles. The third kappa shape index (κ3) is 4.10. The molecule has 0 atom stereocenters. The molecule has 7 heteroatoms. The van der Waals surface area contributed by atoms with Crippen molar-refractivity contribution in [1.29, 1.82) is 0 Å². The van der Waals surface area contributed by atoms with Gasteiger partial charge in [-0.1, -0.05) is 53.8 Å². The minimum Gasteiger partial charge on any atom is -0.342 e. The molecule has 0 saturated carbocycles. The van der Waals surface area contributed by atoms with Crippen LogP contribution in [0, 0.1) is 13.8 Å². The zero-order valence-electron chi connectivity index (χ0n) is 15.7. The number of nitrogens with zero attached hydrogens (tertiary/aromatic N) is 3. The van der Waals surface area contributed by atoms with E-state index in [9.17, 15) is 4.79 Å². The average Bonchev–Trinajstić information content (AvgIpc) is 3.25. The van der Waals surface area contributed by atoms with E-state index < -0.39 is 0 Å². The lowest BCUT2D eigenvalue weighted by Crippen LogP contribution is -2.13. The number of thioether (sulfide) groups is 1. The molecule has 0 aliphatic carbocycles. The first kappa shape index (κ1) is 18.7. The van der Waals surface area contributed by atoms with E-state index in [2.05, 4.69) is 75.7 Å². The second-order valence-electron chi connectivity index (χ2n) is 6.53. The molecule has 2 heterocycles. The van der Waals surface area contributed by atoms with Gasteiger partial charge in [0.2, 0.25) is 11.0 Å². The van der Waals surface area contributed by atoms with Crippen molar-refractivity contribution in [2.24, 2.45) is 0 Å². The molecule has 4 aromatic rings. The largest absolute Gasteiger partial charge is 0.342 e. The number of para-hydroxylation sites is 1. The Morgan fingerprint density at radius 2 is 1.89 bits per heavy atom. The van der Waals surface area contributed by atoms with Crippen LogP contribution in [0.25, 0.3) is 10.9 Å². The van der Waals surface area contributed by atoms with Gasteiger partial charge >= 0.3 is 0 Å². The van der Waals surface area contributed by atoms with E-state index in [4.69, 9.17) is 0 Å². The summed E-state index contributed by atoms with van der Waals surface area (Å²) < 4.78 is 2.26. The van der Waals surface area contributed by atoms with Crippen molar-refractivity contribution in [2.75, 3.05) is 11.1 Å². The molecule has 0 bridgehead atoms. The van der Waals surface area contributed by atoms with Gasteiger partial charge in [0.25, 0.3) is 0 Å². The number of hydrogen-bond donors (Lipinski definition) is 1. The van der Waals surface area contributed by atoms with Gasteiger partial charge in [-0.2, -0.15) is 0 Å². The van der Waals surface area contributed by atoms with Crippen LogP contribution in [-0.4, -0.2) is 26.4 Å². The Morgan fingerprint density at radius 1 is 1.11 bits per heavy atom. The number of amides is 1. The van der Waals surface area contributed by atoms with Crippen molar-refractivity contribution in [2.45, 2.75) is 25.3 Å². The van der Waals surface area contributed by atoms with Crippen LogP contribution in [-0.2, 0) is 11.3 Å². The van der Waals surface area contributed by atoms with Gasteiger partial charge in [-0.05, 0) is 31.0 Å². The van der Waals surface area contributed by atoms with E-state index >= 15 is 0 Å². The average molecular weight is 409 g/mol. The molecule has 1 amide bonds. The van der Waals surface area contributed by atoms with Crippen LogP contribution in [0.15, 0.2) is 59.6 Å². The summed E-state index contributed by atoms with van der Waals surface area (Å²) in [6.07, 6.45) is 2.14. The van der Waals surface area contributed by atoms with Crippen LogP contribution in [0.5, 0.6) is 0 Å². The van der Waals surface area contributed by atoms with Crippen LogP contribution in [0.2, 0.25) is 0 Å². The molecular weight excluding hydrogens is 388 g/mol. The number of aryl methyl sites for hydroxylation is 2. The highest BCUT2D eigenvalue weighted by atomic mass is 32.2. The minimum absolute atomic E-state index is 0.0723. The summed E-state index contributed by atoms with van der Waals surface area (Å²) in [6.45, 7) is 4.81. The van der Waals surface area contributed by atoms with E-state index in [1.165, 1.54) is 33.4 Å². The Labute approximate surface area is 171 Å². The standard InChI is InChI=1S/C21H20N4OS2/c1-14-7-3-4-8-16(14)11-25-12-19(17-9-5-6-10-18(17)25)27-13-20(26)22-21-24-23-15(2)28-21/h3-10,12H,11,13H2,1-2H3,(H,22,24,26). The van der Waals surface area contributed by atoms with Gasteiger partial charge in [0.15, 0.2) is 0 Å². The van der Waals surface area contributed by atoms with Gasteiger partial charge in [0, 0.05) is 28.5 Å². The number of hydrogen-bond acceptors (Lipinski definition) is 5. The zero-order valence-corrected chi connectivity index (χ0v) is 17.3. The Morgan fingerprint density at radius 3 is 2.68 bits per heavy atom. The van der Waals surface area contributed by atoms with Crippen molar-refractivity contribution in [3.8, 4) is 0 Å². The molecule has 0 aliphatic heterocycles. The summed E-state index contributed by atoms with van der Waals surface area (Å²) in [4.78, 5) is 13.4. The number of rotatable bonds is 6. The van der Waals surface area contributed by atoms with Crippen LogP contribution in [0.4, 0.5) is 5.13 Å². The fourth-order valence-electron chi connectivity index (χ4n) is 3.08. The Hall–Kier alpha value is -2.64. The van der Waals surface area contributed by atoms with E-state index in [-0.39, 0.29) is 5.91 Å². The second-order valence-corrected chi connectivity index (χ2v) is 8.73. The Bertz CT molecular complexity index is 1130. The number of nitrogens with one attached hydrogen (secondary N) is 1. The van der Waals surface area contributed by atoms with Crippen LogP contribution < -0.4 is 5.32 Å². The predicted molar refractivity (Wildman–Crippen MR) is 116 cm³/mol. The first-order chi connectivity index (χ1) is 13.6. The third-order valence-electron chi connectivity index (χ3n) is 4.49. The van der Waals surface area contributed by atoms with Crippen LogP contribution in [0.1, 0.15) is 16.1 Å². The van der Waals surface area contributed by atoms with Crippen molar-refractivity contribution in [1.82, 2.24) is 14.8 Å². The summed E-state index contributed by atoms with van der Waals surface area (Å²) in [5.41, 5.74) is 3.75. The number of benzene rings is 2. The lowest BCUT2D eigenvalue weighted by Gasteiger charge is -2.08. The lowest BCUT2D eigenvalue weighted by molar-refractivity contribution is -0.113. The summed E-state index contributed by atoms with van der Waals surface area (Å²) in [6, 6.07) is 16.8. The number of aromatic nitrogens is 3. The van der Waals surface area contributed by atoms with Crippen molar-refractivity contribution in [3.05, 3.63) is 70.9 Å². The van der Waals surface area contributed by atoms with Gasteiger partial charge < -0.3 is 4.57 Å². The van der Waals surface area contributed by atoms with E-state index in [0.717, 1.165) is 16.4 Å². The molecule has 5 nitrogen and oxygen atoms in total. The summed E-state index contributed by atoms with van der Waals surface area (Å²) in [5.74, 6) is 0.258. The summed E-state index contributed by atoms with van der Waals surface area (Å²) in [5, 5.41) is 13.2. The van der Waals surface area contributed by atoms with Gasteiger partial charge in [-0.15, -0.1) is 22.0 Å². The molecule has 0 radical (unpaired) electrons. The molecule has 142 valence electrons.